The Kier molecular flexibility index (Phi) is 2.11. The van der Waals surface area contributed by atoms with Crippen LogP contribution in [-0.2, 0) is 0 Å². The van der Waals surface area contributed by atoms with Gasteiger partial charge in [-0.25, -0.2) is 4.99 Å². The third-order valence-corrected chi connectivity index (χ3v) is 2.53. The smallest absolute Gasteiger partial charge is 0.112 e. The van der Waals surface area contributed by atoms with Crippen molar-refractivity contribution in [1.29, 1.82) is 0 Å². The first kappa shape index (κ1) is 8.98. The molecule has 1 nitrogen and oxygen atoms in total. The fraction of sp³-hybridized carbons (Fsp3) is 0.231. The molecule has 1 aliphatic heterocycles. The van der Waals surface area contributed by atoms with Gasteiger partial charge in [-0.1, -0.05) is 5.73 Å². The molecule has 0 saturated carbocycles. The van der Waals surface area contributed by atoms with Crippen LogP contribution in [0.3, 0.4) is 0 Å². The summed E-state index contributed by atoms with van der Waals surface area (Å²) in [4.78, 5) is 4.32. The Morgan fingerprint density at radius 3 is 2.64 bits per heavy atom. The van der Waals surface area contributed by atoms with Crippen LogP contribution in [0.2, 0.25) is 0 Å². The van der Waals surface area contributed by atoms with E-state index < -0.39 is 0 Å². The Balaban J connectivity index is 2.67. The number of aliphatic imine (C=N–C) groups is 1. The number of hydrogen-bond acceptors (Lipinski definition) is 1. The lowest BCUT2D eigenvalue weighted by Crippen LogP contribution is -1.88. The van der Waals surface area contributed by atoms with Crippen LogP contribution in [0.15, 0.2) is 28.9 Å². The first-order valence-electron chi connectivity index (χ1n) is 4.79. The molecule has 0 aromatic heterocycles. The van der Waals surface area contributed by atoms with Crippen LogP contribution in [0.1, 0.15) is 29.2 Å². The van der Waals surface area contributed by atoms with Crippen molar-refractivity contribution in [3.05, 3.63) is 46.2 Å². The quantitative estimate of drug-likeness (QED) is 0.547. The zero-order valence-corrected chi connectivity index (χ0v) is 8.76. The molecule has 0 radical (unpaired) electrons. The molecule has 0 atom stereocenters. The standard InChI is InChI=1S/C13H13N/c1-4-5-13-12-7-10(3)9(2)6-11(12)8-14-13/h4,6-8H,1-3H3. The lowest BCUT2D eigenvalue weighted by atomic mass is 10.0. The van der Waals surface area contributed by atoms with Crippen molar-refractivity contribution in [2.75, 3.05) is 0 Å². The van der Waals surface area contributed by atoms with E-state index >= 15 is 0 Å². The van der Waals surface area contributed by atoms with Gasteiger partial charge in [0.05, 0.1) is 0 Å². The largest absolute Gasteiger partial charge is 0.247 e. The molecular formula is C13H13N. The molecule has 0 saturated heterocycles. The van der Waals surface area contributed by atoms with Gasteiger partial charge in [-0.3, -0.25) is 0 Å². The van der Waals surface area contributed by atoms with E-state index in [1.165, 1.54) is 22.3 Å². The predicted octanol–water partition coefficient (Wildman–Crippen LogP) is 3.25. The van der Waals surface area contributed by atoms with Gasteiger partial charge >= 0.3 is 0 Å². The number of nitrogens with zero attached hydrogens (tertiary/aromatic N) is 1. The molecule has 1 heterocycles. The highest BCUT2D eigenvalue weighted by Gasteiger charge is 2.12. The normalized spacial score (nSPS) is 12.6. The summed E-state index contributed by atoms with van der Waals surface area (Å²) < 4.78 is 0. The Labute approximate surface area is 84.5 Å². The molecule has 0 fully saturated rings. The fourth-order valence-corrected chi connectivity index (χ4v) is 1.61. The number of rotatable bonds is 0. The lowest BCUT2D eigenvalue weighted by molar-refractivity contribution is 1.33. The van der Waals surface area contributed by atoms with E-state index in [1.54, 1.807) is 0 Å². The topological polar surface area (TPSA) is 12.4 Å². The van der Waals surface area contributed by atoms with Crippen LogP contribution < -0.4 is 0 Å². The van der Waals surface area contributed by atoms with Crippen molar-refractivity contribution in [2.45, 2.75) is 20.8 Å². The molecular weight excluding hydrogens is 170 g/mol. The zero-order valence-electron chi connectivity index (χ0n) is 8.76. The SMILES string of the molecule is CC=C=C1N=Cc2cc(C)c(C)cc21. The average molecular weight is 183 g/mol. The van der Waals surface area contributed by atoms with Crippen molar-refractivity contribution in [3.63, 3.8) is 0 Å². The maximum Gasteiger partial charge on any atom is 0.112 e. The van der Waals surface area contributed by atoms with Crippen molar-refractivity contribution >= 4 is 11.9 Å². The highest BCUT2D eigenvalue weighted by atomic mass is 14.8. The molecule has 70 valence electrons. The lowest BCUT2D eigenvalue weighted by Gasteiger charge is -2.03. The summed E-state index contributed by atoms with van der Waals surface area (Å²) in [6.07, 6.45) is 3.81. The Bertz CT molecular complexity index is 472. The molecule has 0 bridgehead atoms. The van der Waals surface area contributed by atoms with E-state index in [9.17, 15) is 0 Å². The number of hydrogen-bond donors (Lipinski definition) is 0. The van der Waals surface area contributed by atoms with Gasteiger partial charge in [-0.2, -0.15) is 0 Å². The van der Waals surface area contributed by atoms with Gasteiger partial charge in [0.1, 0.15) is 5.70 Å². The van der Waals surface area contributed by atoms with Crippen LogP contribution in [0, 0.1) is 13.8 Å². The van der Waals surface area contributed by atoms with Gasteiger partial charge in [0.2, 0.25) is 0 Å². The van der Waals surface area contributed by atoms with Crippen molar-refractivity contribution < 1.29 is 0 Å². The Hall–Kier alpha value is -1.59. The molecule has 0 aliphatic carbocycles. The minimum Gasteiger partial charge on any atom is -0.247 e. The zero-order chi connectivity index (χ0) is 10.1. The monoisotopic (exact) mass is 183 g/mol. The van der Waals surface area contributed by atoms with Crippen LogP contribution in [-0.4, -0.2) is 6.21 Å². The van der Waals surface area contributed by atoms with Gasteiger partial charge in [0, 0.05) is 17.3 Å². The summed E-state index contributed by atoms with van der Waals surface area (Å²) in [6.45, 7) is 6.21. The molecule has 1 aliphatic rings. The second-order valence-electron chi connectivity index (χ2n) is 3.56. The Morgan fingerprint density at radius 2 is 1.93 bits per heavy atom. The van der Waals surface area contributed by atoms with Gasteiger partial charge in [0.15, 0.2) is 0 Å². The molecule has 1 aromatic rings. The van der Waals surface area contributed by atoms with E-state index in [1.807, 2.05) is 19.2 Å². The molecule has 1 heteroatoms. The maximum absolute atomic E-state index is 4.32. The minimum absolute atomic E-state index is 0.950. The summed E-state index contributed by atoms with van der Waals surface area (Å²) in [5, 5.41) is 0. The summed E-state index contributed by atoms with van der Waals surface area (Å²) in [5.74, 6) is 0. The van der Waals surface area contributed by atoms with E-state index in [2.05, 4.69) is 36.7 Å². The predicted molar refractivity (Wildman–Crippen MR) is 60.7 cm³/mol. The van der Waals surface area contributed by atoms with E-state index in [-0.39, 0.29) is 0 Å². The highest BCUT2D eigenvalue weighted by molar-refractivity contribution is 5.97. The van der Waals surface area contributed by atoms with Crippen molar-refractivity contribution in [1.82, 2.24) is 0 Å². The summed E-state index contributed by atoms with van der Waals surface area (Å²) >= 11 is 0. The molecule has 14 heavy (non-hydrogen) atoms. The molecule has 0 unspecified atom stereocenters. The van der Waals surface area contributed by atoms with Crippen molar-refractivity contribution in [3.8, 4) is 0 Å². The summed E-state index contributed by atoms with van der Waals surface area (Å²) in [6, 6.07) is 4.36. The Morgan fingerprint density at radius 1 is 1.21 bits per heavy atom. The van der Waals surface area contributed by atoms with Crippen LogP contribution in [0.25, 0.3) is 5.70 Å². The molecule has 1 aromatic carbocycles. The molecule has 0 N–H and O–H groups in total. The maximum atomic E-state index is 4.32. The van der Waals surface area contributed by atoms with Gasteiger partial charge in [-0.05, 0) is 50.1 Å². The van der Waals surface area contributed by atoms with Gasteiger partial charge < -0.3 is 0 Å². The third kappa shape index (κ3) is 1.32. The second-order valence-corrected chi connectivity index (χ2v) is 3.56. The van der Waals surface area contributed by atoms with Crippen LogP contribution in [0.5, 0.6) is 0 Å². The average Bonchev–Trinajstić information content (AvgIpc) is 2.51. The molecule has 0 amide bonds. The van der Waals surface area contributed by atoms with E-state index in [0.29, 0.717) is 0 Å². The molecule has 0 spiro atoms. The minimum atomic E-state index is 0.950. The number of aryl methyl sites for hydroxylation is 2. The molecule has 2 rings (SSSR count). The van der Waals surface area contributed by atoms with E-state index in [4.69, 9.17) is 0 Å². The van der Waals surface area contributed by atoms with Gasteiger partial charge in [0.25, 0.3) is 0 Å². The van der Waals surface area contributed by atoms with Crippen LogP contribution >= 0.6 is 0 Å². The fourth-order valence-electron chi connectivity index (χ4n) is 1.61. The highest BCUT2D eigenvalue weighted by Crippen LogP contribution is 2.26. The summed E-state index contributed by atoms with van der Waals surface area (Å²) in [5.41, 5.74) is 9.12. The summed E-state index contributed by atoms with van der Waals surface area (Å²) in [7, 11) is 0. The number of benzene rings is 1. The van der Waals surface area contributed by atoms with Crippen molar-refractivity contribution in [2.24, 2.45) is 4.99 Å². The third-order valence-electron chi connectivity index (χ3n) is 2.53. The van der Waals surface area contributed by atoms with E-state index in [0.717, 1.165) is 5.70 Å². The first-order valence-corrected chi connectivity index (χ1v) is 4.79. The van der Waals surface area contributed by atoms with Gasteiger partial charge in [-0.15, -0.1) is 0 Å². The van der Waals surface area contributed by atoms with Crippen LogP contribution in [0.4, 0.5) is 0 Å². The number of allylic oxidation sites excluding steroid dienone is 1. The number of fused-ring (bicyclic) bond motifs is 1. The second kappa shape index (κ2) is 3.28. The first-order chi connectivity index (χ1) is 6.72.